The molecule has 0 N–H and O–H groups in total. The number of benzene rings is 1. The van der Waals surface area contributed by atoms with Crippen molar-refractivity contribution in [1.82, 2.24) is 9.88 Å². The van der Waals surface area contributed by atoms with Gasteiger partial charge in [0.05, 0.1) is 24.5 Å². The quantitative estimate of drug-likeness (QED) is 0.807. The largest absolute Gasteiger partial charge is 0.478 e. The van der Waals surface area contributed by atoms with Crippen LogP contribution in [0.5, 0.6) is 5.88 Å². The van der Waals surface area contributed by atoms with Crippen molar-refractivity contribution in [1.29, 1.82) is 0 Å². The number of hydrogen-bond donors (Lipinski definition) is 0. The van der Waals surface area contributed by atoms with Gasteiger partial charge in [0.2, 0.25) is 5.88 Å². The molecule has 4 rings (SSSR count). The van der Waals surface area contributed by atoms with Crippen LogP contribution in [-0.4, -0.2) is 51.1 Å². The van der Waals surface area contributed by atoms with Crippen molar-refractivity contribution >= 4 is 15.7 Å². The van der Waals surface area contributed by atoms with E-state index in [9.17, 15) is 8.42 Å². The first kappa shape index (κ1) is 18.3. The number of aryl methyl sites for hydroxylation is 1. The van der Waals surface area contributed by atoms with Gasteiger partial charge in [0.1, 0.15) is 4.90 Å². The molecule has 0 unspecified atom stereocenters. The van der Waals surface area contributed by atoms with Crippen LogP contribution < -0.4 is 9.04 Å². The lowest BCUT2D eigenvalue weighted by Gasteiger charge is -2.36. The summed E-state index contributed by atoms with van der Waals surface area (Å²) in [4.78, 5) is 6.64. The zero-order valence-corrected chi connectivity index (χ0v) is 16.7. The number of piperidine rings is 1. The highest BCUT2D eigenvalue weighted by Crippen LogP contribution is 2.47. The smallest absolute Gasteiger partial charge is 0.266 e. The fourth-order valence-corrected chi connectivity index (χ4v) is 5.90. The number of aromatic nitrogens is 1. The Balaban J connectivity index is 1.77. The molecule has 2 atom stereocenters. The Kier molecular flexibility index (Phi) is 4.60. The van der Waals surface area contributed by atoms with Crippen LogP contribution in [0.15, 0.2) is 41.4 Å². The minimum Gasteiger partial charge on any atom is -0.478 e. The van der Waals surface area contributed by atoms with Gasteiger partial charge >= 0.3 is 0 Å². The van der Waals surface area contributed by atoms with E-state index in [2.05, 4.69) is 29.9 Å². The van der Waals surface area contributed by atoms with Crippen molar-refractivity contribution in [3.05, 3.63) is 47.7 Å². The molecular weight excluding hydrogens is 362 g/mol. The van der Waals surface area contributed by atoms with Crippen LogP contribution in [0.1, 0.15) is 30.4 Å². The fraction of sp³-hybridized carbons (Fsp3) is 0.450. The molecule has 1 saturated heterocycles. The maximum atomic E-state index is 13.5. The van der Waals surface area contributed by atoms with Crippen LogP contribution in [-0.2, 0) is 10.0 Å². The van der Waals surface area contributed by atoms with Gasteiger partial charge in [0.15, 0.2) is 0 Å². The Bertz CT molecular complexity index is 943. The van der Waals surface area contributed by atoms with E-state index in [0.29, 0.717) is 12.5 Å². The van der Waals surface area contributed by atoms with E-state index in [1.807, 2.05) is 19.1 Å². The Hall–Kier alpha value is -2.12. The number of sulfonamides is 1. The molecule has 2 aliphatic rings. The van der Waals surface area contributed by atoms with Gasteiger partial charge in [0, 0.05) is 18.5 Å². The molecule has 0 saturated carbocycles. The second-order valence-corrected chi connectivity index (χ2v) is 9.17. The van der Waals surface area contributed by atoms with E-state index in [0.717, 1.165) is 36.3 Å². The average molecular weight is 388 g/mol. The van der Waals surface area contributed by atoms with Crippen molar-refractivity contribution in [3.8, 4) is 5.88 Å². The Labute approximate surface area is 160 Å². The van der Waals surface area contributed by atoms with E-state index in [4.69, 9.17) is 4.74 Å². The van der Waals surface area contributed by atoms with Gasteiger partial charge in [-0.15, -0.1) is 0 Å². The first-order valence-corrected chi connectivity index (χ1v) is 10.8. The molecule has 1 fully saturated rings. The van der Waals surface area contributed by atoms with Gasteiger partial charge in [-0.05, 0) is 51.6 Å². The van der Waals surface area contributed by atoms with Gasteiger partial charge in [0.25, 0.3) is 10.0 Å². The van der Waals surface area contributed by atoms with Gasteiger partial charge < -0.3 is 9.64 Å². The molecule has 0 radical (unpaired) electrons. The van der Waals surface area contributed by atoms with Crippen molar-refractivity contribution in [2.75, 3.05) is 31.0 Å². The zero-order chi connectivity index (χ0) is 19.2. The van der Waals surface area contributed by atoms with Crippen molar-refractivity contribution in [3.63, 3.8) is 0 Å². The Morgan fingerprint density at radius 3 is 2.78 bits per heavy atom. The lowest BCUT2D eigenvalue weighted by molar-refractivity contribution is 0.237. The third kappa shape index (κ3) is 3.08. The standard InChI is InChI=1S/C20H25N3O3S/c1-4-26-20-8-6-15(12-21-20)27(24,25)23-18-7-5-14(2)11-16(18)17-13-22(3)10-9-19(17)23/h5-8,11-12,17,19H,4,9-10,13H2,1-3H3/t17-,19-/m1/s1. The Morgan fingerprint density at radius 1 is 1.26 bits per heavy atom. The fourth-order valence-electron chi connectivity index (χ4n) is 4.21. The minimum absolute atomic E-state index is 0.0467. The number of fused-ring (bicyclic) bond motifs is 3. The highest BCUT2D eigenvalue weighted by molar-refractivity contribution is 7.92. The third-order valence-corrected chi connectivity index (χ3v) is 7.28. The first-order chi connectivity index (χ1) is 12.9. The SMILES string of the molecule is CCOc1ccc(S(=O)(=O)N2c3ccc(C)cc3[C@H]3CN(C)CC[C@H]32)cn1. The van der Waals surface area contributed by atoms with Gasteiger partial charge in [-0.25, -0.2) is 13.4 Å². The molecule has 27 heavy (non-hydrogen) atoms. The number of nitrogens with zero attached hydrogens (tertiary/aromatic N) is 3. The van der Waals surface area contributed by atoms with E-state index >= 15 is 0 Å². The highest BCUT2D eigenvalue weighted by atomic mass is 32.2. The molecule has 2 aromatic rings. The monoisotopic (exact) mass is 387 g/mol. The molecule has 3 heterocycles. The molecule has 0 bridgehead atoms. The summed E-state index contributed by atoms with van der Waals surface area (Å²) in [5.74, 6) is 0.634. The summed E-state index contributed by atoms with van der Waals surface area (Å²) < 4.78 is 34.0. The second-order valence-electron chi connectivity index (χ2n) is 7.35. The summed E-state index contributed by atoms with van der Waals surface area (Å²) in [5.41, 5.74) is 3.09. The highest BCUT2D eigenvalue weighted by Gasteiger charge is 2.46. The van der Waals surface area contributed by atoms with Crippen LogP contribution >= 0.6 is 0 Å². The summed E-state index contributed by atoms with van der Waals surface area (Å²) >= 11 is 0. The van der Waals surface area contributed by atoms with Crippen LogP contribution in [0.3, 0.4) is 0 Å². The molecule has 2 aliphatic heterocycles. The molecule has 0 amide bonds. The number of likely N-dealkylation sites (N-methyl/N-ethyl adjacent to an activating group) is 1. The number of rotatable bonds is 4. The molecule has 1 aromatic heterocycles. The summed E-state index contributed by atoms with van der Waals surface area (Å²) in [6, 6.07) is 9.23. The molecule has 6 nitrogen and oxygen atoms in total. The van der Waals surface area contributed by atoms with Crippen molar-refractivity contribution in [2.45, 2.75) is 37.1 Å². The third-order valence-electron chi connectivity index (χ3n) is 5.46. The van der Waals surface area contributed by atoms with Gasteiger partial charge in [-0.2, -0.15) is 0 Å². The molecule has 0 aliphatic carbocycles. The summed E-state index contributed by atoms with van der Waals surface area (Å²) in [5, 5.41) is 0. The van der Waals surface area contributed by atoms with Crippen molar-refractivity contribution in [2.24, 2.45) is 0 Å². The number of ether oxygens (including phenoxy) is 1. The van der Waals surface area contributed by atoms with Crippen LogP contribution in [0.4, 0.5) is 5.69 Å². The predicted molar refractivity (Wildman–Crippen MR) is 105 cm³/mol. The van der Waals surface area contributed by atoms with Crippen LogP contribution in [0.2, 0.25) is 0 Å². The second kappa shape index (κ2) is 6.80. The Morgan fingerprint density at radius 2 is 2.07 bits per heavy atom. The zero-order valence-electron chi connectivity index (χ0n) is 15.9. The summed E-state index contributed by atoms with van der Waals surface area (Å²) in [7, 11) is -1.59. The molecule has 7 heteroatoms. The normalized spacial score (nSPS) is 22.4. The van der Waals surface area contributed by atoms with Crippen LogP contribution in [0, 0.1) is 6.92 Å². The van der Waals surface area contributed by atoms with Gasteiger partial charge in [-0.3, -0.25) is 4.31 Å². The van der Waals surface area contributed by atoms with Crippen molar-refractivity contribution < 1.29 is 13.2 Å². The van der Waals surface area contributed by atoms with E-state index < -0.39 is 10.0 Å². The minimum atomic E-state index is -3.69. The lowest BCUT2D eigenvalue weighted by atomic mass is 9.89. The summed E-state index contributed by atoms with van der Waals surface area (Å²) in [6.45, 7) is 6.18. The molecule has 0 spiro atoms. The van der Waals surface area contributed by atoms with E-state index in [-0.39, 0.29) is 16.9 Å². The number of pyridine rings is 1. The number of anilines is 1. The van der Waals surface area contributed by atoms with E-state index in [1.165, 1.54) is 6.20 Å². The predicted octanol–water partition coefficient (Wildman–Crippen LogP) is 2.79. The maximum Gasteiger partial charge on any atom is 0.266 e. The van der Waals surface area contributed by atoms with Crippen LogP contribution in [0.25, 0.3) is 0 Å². The number of likely N-dealkylation sites (tertiary alicyclic amines) is 1. The maximum absolute atomic E-state index is 13.5. The summed E-state index contributed by atoms with van der Waals surface area (Å²) in [6.07, 6.45) is 2.22. The topological polar surface area (TPSA) is 62.7 Å². The average Bonchev–Trinajstić information content (AvgIpc) is 2.96. The lowest BCUT2D eigenvalue weighted by Crippen LogP contribution is -2.47. The number of hydrogen-bond acceptors (Lipinski definition) is 5. The van der Waals surface area contributed by atoms with E-state index in [1.54, 1.807) is 16.4 Å². The molecule has 1 aromatic carbocycles. The molecule has 144 valence electrons. The van der Waals surface area contributed by atoms with Gasteiger partial charge in [-0.1, -0.05) is 17.7 Å². The molecular formula is C20H25N3O3S. The first-order valence-electron chi connectivity index (χ1n) is 9.34.